The number of phenolic OH excluding ortho intramolecular Hbond substituents is 1. The molecule has 0 saturated carbocycles. The molecule has 2 aromatic carbocycles. The Bertz CT molecular complexity index is 1010. The number of carboxylic acid groups (broad SMARTS) is 1. The van der Waals surface area contributed by atoms with Crippen molar-refractivity contribution in [3.8, 4) is 5.75 Å². The lowest BCUT2D eigenvalue weighted by atomic mass is 10.1. The van der Waals surface area contributed by atoms with E-state index in [2.05, 4.69) is 0 Å². The van der Waals surface area contributed by atoms with Gasteiger partial charge in [0.25, 0.3) is 0 Å². The van der Waals surface area contributed by atoms with E-state index in [9.17, 15) is 19.4 Å². The lowest BCUT2D eigenvalue weighted by Gasteiger charge is -2.11. The van der Waals surface area contributed by atoms with Gasteiger partial charge in [-0.3, -0.25) is 4.79 Å². The minimum atomic E-state index is -1.01. The van der Waals surface area contributed by atoms with Gasteiger partial charge in [-0.05, 0) is 25.5 Å². The van der Waals surface area contributed by atoms with Crippen LogP contribution in [0.25, 0.3) is 10.9 Å². The van der Waals surface area contributed by atoms with Gasteiger partial charge < -0.3 is 14.8 Å². The van der Waals surface area contributed by atoms with Crippen molar-refractivity contribution in [2.75, 3.05) is 0 Å². The number of rotatable bonds is 3. The van der Waals surface area contributed by atoms with Gasteiger partial charge in [-0.15, -0.1) is 0 Å². The first-order valence-corrected chi connectivity index (χ1v) is 8.06. The first kappa shape index (κ1) is 17.1. The summed E-state index contributed by atoms with van der Waals surface area (Å²) in [7, 11) is 0. The zero-order valence-corrected chi connectivity index (χ0v) is 14.5. The summed E-state index contributed by atoms with van der Waals surface area (Å²) < 4.78 is 15.6. The molecule has 3 aromatic rings. The number of aromatic nitrogens is 1. The van der Waals surface area contributed by atoms with Gasteiger partial charge >= 0.3 is 5.97 Å². The number of hydrogen-bond donors (Lipinski definition) is 2. The van der Waals surface area contributed by atoms with Gasteiger partial charge in [0.15, 0.2) is 11.6 Å². The molecule has 0 radical (unpaired) electrons. The van der Waals surface area contributed by atoms with Crippen molar-refractivity contribution in [2.45, 2.75) is 20.3 Å². The van der Waals surface area contributed by atoms with Crippen LogP contribution in [0, 0.1) is 19.7 Å². The largest absolute Gasteiger partial charge is 0.505 e. The van der Waals surface area contributed by atoms with Crippen molar-refractivity contribution < 1.29 is 19.4 Å². The number of hydrogen-bond acceptors (Lipinski definition) is 3. The molecule has 0 aliphatic carbocycles. The number of benzene rings is 2. The number of thiocarbonyl (C=S) groups is 1. The van der Waals surface area contributed by atoms with E-state index in [1.165, 1.54) is 12.1 Å². The number of fused-ring (bicyclic) bond motifs is 1. The minimum Gasteiger partial charge on any atom is -0.505 e. The van der Waals surface area contributed by atoms with Gasteiger partial charge in [0.1, 0.15) is 4.99 Å². The molecular weight excluding hydrogens is 341 g/mol. The summed E-state index contributed by atoms with van der Waals surface area (Å²) >= 11 is 5.58. The van der Waals surface area contributed by atoms with Crippen LogP contribution in [0.5, 0.6) is 5.75 Å². The molecule has 25 heavy (non-hydrogen) atoms. The second-order valence-electron chi connectivity index (χ2n) is 5.96. The Morgan fingerprint density at radius 3 is 2.44 bits per heavy atom. The third-order valence-electron chi connectivity index (χ3n) is 4.23. The fourth-order valence-electron chi connectivity index (χ4n) is 2.95. The molecule has 0 bridgehead atoms. The summed E-state index contributed by atoms with van der Waals surface area (Å²) in [6.07, 6.45) is -0.239. The quantitative estimate of drug-likeness (QED) is 0.697. The number of aryl methyl sites for hydroxylation is 1. The summed E-state index contributed by atoms with van der Waals surface area (Å²) in [6, 6.07) is 10.0. The molecular formula is C19H16FNO3S. The monoisotopic (exact) mass is 357 g/mol. The Morgan fingerprint density at radius 1 is 1.20 bits per heavy atom. The number of carbonyl (C=O) groups is 1. The Balaban J connectivity index is 2.28. The fourth-order valence-corrected chi connectivity index (χ4v) is 3.32. The summed E-state index contributed by atoms with van der Waals surface area (Å²) in [5.74, 6) is -2.30. The Hall–Kier alpha value is -2.73. The highest BCUT2D eigenvalue weighted by atomic mass is 32.1. The van der Waals surface area contributed by atoms with E-state index in [0.29, 0.717) is 27.1 Å². The molecule has 0 aliphatic rings. The molecule has 4 nitrogen and oxygen atoms in total. The fraction of sp³-hybridized carbons (Fsp3) is 0.158. The maximum Gasteiger partial charge on any atom is 0.307 e. The molecule has 0 spiro atoms. The smallest absolute Gasteiger partial charge is 0.307 e. The highest BCUT2D eigenvalue weighted by Crippen LogP contribution is 2.32. The second-order valence-corrected chi connectivity index (χ2v) is 6.35. The number of halogens is 1. The number of aliphatic carboxylic acids is 1. The van der Waals surface area contributed by atoms with E-state index in [-0.39, 0.29) is 6.42 Å². The predicted molar refractivity (Wildman–Crippen MR) is 97.9 cm³/mol. The molecule has 6 heteroatoms. The number of carboxylic acids is 1. The first-order valence-electron chi connectivity index (χ1n) is 7.65. The normalized spacial score (nSPS) is 11.0. The van der Waals surface area contributed by atoms with Crippen LogP contribution in [0.2, 0.25) is 0 Å². The standard InChI is InChI=1S/C19H16FNO3S/c1-10-3-5-12(6-4-10)19(25)21-11(2)13(8-18(23)24)14-7-17(22)15(20)9-16(14)21/h3-7,9,22H,8H2,1-2H3,(H,23,24). The Labute approximate surface area is 149 Å². The predicted octanol–water partition coefficient (Wildman–Crippen LogP) is 3.95. The molecule has 0 aliphatic heterocycles. The first-order chi connectivity index (χ1) is 11.8. The molecule has 2 N–H and O–H groups in total. The summed E-state index contributed by atoms with van der Waals surface area (Å²) in [6.45, 7) is 3.71. The highest BCUT2D eigenvalue weighted by Gasteiger charge is 2.21. The van der Waals surface area contributed by atoms with Crippen LogP contribution < -0.4 is 0 Å². The van der Waals surface area contributed by atoms with Crippen molar-refractivity contribution in [1.29, 1.82) is 0 Å². The van der Waals surface area contributed by atoms with Crippen molar-refractivity contribution in [3.05, 3.63) is 64.6 Å². The summed E-state index contributed by atoms with van der Waals surface area (Å²) in [5.41, 5.74) is 3.42. The van der Waals surface area contributed by atoms with E-state index in [1.807, 2.05) is 31.2 Å². The average Bonchev–Trinajstić information content (AvgIpc) is 2.80. The van der Waals surface area contributed by atoms with Crippen molar-refractivity contribution in [2.24, 2.45) is 0 Å². The number of aromatic hydroxyl groups is 1. The molecule has 1 aromatic heterocycles. The molecule has 128 valence electrons. The van der Waals surface area contributed by atoms with E-state index >= 15 is 0 Å². The zero-order valence-electron chi connectivity index (χ0n) is 13.7. The van der Waals surface area contributed by atoms with Gasteiger partial charge in [-0.25, -0.2) is 4.39 Å². The topological polar surface area (TPSA) is 62.5 Å². The third kappa shape index (κ3) is 3.00. The van der Waals surface area contributed by atoms with E-state index < -0.39 is 17.5 Å². The van der Waals surface area contributed by atoms with Gasteiger partial charge in [-0.1, -0.05) is 42.0 Å². The van der Waals surface area contributed by atoms with E-state index in [1.54, 1.807) is 11.5 Å². The van der Waals surface area contributed by atoms with Crippen LogP contribution in [0.4, 0.5) is 4.39 Å². The van der Waals surface area contributed by atoms with Crippen LogP contribution in [0.1, 0.15) is 22.4 Å². The minimum absolute atomic E-state index is 0.239. The second kappa shape index (κ2) is 6.29. The van der Waals surface area contributed by atoms with Gasteiger partial charge in [0.05, 0.1) is 11.9 Å². The van der Waals surface area contributed by atoms with Crippen LogP contribution >= 0.6 is 12.2 Å². The maximum atomic E-state index is 13.9. The summed E-state index contributed by atoms with van der Waals surface area (Å²) in [5, 5.41) is 19.4. The highest BCUT2D eigenvalue weighted by molar-refractivity contribution is 7.80. The van der Waals surface area contributed by atoms with Crippen LogP contribution in [-0.4, -0.2) is 25.7 Å². The van der Waals surface area contributed by atoms with Crippen molar-refractivity contribution in [3.63, 3.8) is 0 Å². The zero-order chi connectivity index (χ0) is 18.3. The third-order valence-corrected chi connectivity index (χ3v) is 4.65. The Kier molecular flexibility index (Phi) is 4.30. The van der Waals surface area contributed by atoms with Gasteiger partial charge in [0, 0.05) is 22.7 Å². The lowest BCUT2D eigenvalue weighted by Crippen LogP contribution is -2.13. The van der Waals surface area contributed by atoms with Gasteiger partial charge in [-0.2, -0.15) is 0 Å². The van der Waals surface area contributed by atoms with E-state index in [4.69, 9.17) is 12.2 Å². The average molecular weight is 357 g/mol. The van der Waals surface area contributed by atoms with Crippen molar-refractivity contribution >= 4 is 34.1 Å². The molecule has 0 unspecified atom stereocenters. The van der Waals surface area contributed by atoms with Crippen molar-refractivity contribution in [1.82, 2.24) is 4.57 Å². The van der Waals surface area contributed by atoms with Crippen LogP contribution in [0.3, 0.4) is 0 Å². The molecule has 0 atom stereocenters. The number of phenols is 1. The molecule has 1 heterocycles. The van der Waals surface area contributed by atoms with Crippen LogP contribution in [0.15, 0.2) is 36.4 Å². The molecule has 0 fully saturated rings. The molecule has 3 rings (SSSR count). The Morgan fingerprint density at radius 2 is 1.84 bits per heavy atom. The van der Waals surface area contributed by atoms with Gasteiger partial charge in [0.2, 0.25) is 0 Å². The van der Waals surface area contributed by atoms with Crippen LogP contribution in [-0.2, 0) is 11.2 Å². The SMILES string of the molecule is Cc1ccc(C(=S)n2c(C)c(CC(=O)O)c3cc(O)c(F)cc32)cc1. The number of nitrogens with zero attached hydrogens (tertiary/aromatic N) is 1. The maximum absolute atomic E-state index is 13.9. The molecule has 0 amide bonds. The van der Waals surface area contributed by atoms with E-state index in [0.717, 1.165) is 11.1 Å². The lowest BCUT2D eigenvalue weighted by molar-refractivity contribution is -0.136. The summed E-state index contributed by atoms with van der Waals surface area (Å²) in [4.78, 5) is 11.7. The molecule has 0 saturated heterocycles.